The van der Waals surface area contributed by atoms with Gasteiger partial charge in [-0.2, -0.15) is 18.4 Å². The predicted molar refractivity (Wildman–Crippen MR) is 68.7 cm³/mol. The third-order valence-corrected chi connectivity index (χ3v) is 3.17. The molecule has 0 aliphatic rings. The Bertz CT molecular complexity index is 484. The van der Waals surface area contributed by atoms with E-state index < -0.39 is 11.7 Å². The SMILES string of the molecule is CCC(C)(C)CNc1ccc(C#N)c(C(F)(F)F)c1. The van der Waals surface area contributed by atoms with Gasteiger partial charge in [0.1, 0.15) is 0 Å². The summed E-state index contributed by atoms with van der Waals surface area (Å²) in [6.07, 6.45) is -3.59. The fraction of sp³-hybridized carbons (Fsp3) is 0.500. The highest BCUT2D eigenvalue weighted by Crippen LogP contribution is 2.33. The maximum atomic E-state index is 12.8. The van der Waals surface area contributed by atoms with E-state index in [0.29, 0.717) is 12.2 Å². The second-order valence-electron chi connectivity index (χ2n) is 5.24. The highest BCUT2D eigenvalue weighted by molar-refractivity contribution is 5.53. The Morgan fingerprint density at radius 3 is 2.37 bits per heavy atom. The lowest BCUT2D eigenvalue weighted by Gasteiger charge is -2.24. The average molecular weight is 270 g/mol. The van der Waals surface area contributed by atoms with Crippen LogP contribution in [0.15, 0.2) is 18.2 Å². The van der Waals surface area contributed by atoms with Crippen molar-refractivity contribution in [2.75, 3.05) is 11.9 Å². The van der Waals surface area contributed by atoms with Crippen LogP contribution >= 0.6 is 0 Å². The standard InChI is InChI=1S/C14H17F3N2/c1-4-13(2,3)9-19-11-6-5-10(8-18)12(7-11)14(15,16)17/h5-7,19H,4,9H2,1-3H3. The molecule has 0 fully saturated rings. The first-order valence-electron chi connectivity index (χ1n) is 6.05. The molecule has 0 atom stereocenters. The first-order chi connectivity index (χ1) is 8.69. The Balaban J connectivity index is 2.98. The fourth-order valence-electron chi connectivity index (χ4n) is 1.45. The van der Waals surface area contributed by atoms with Gasteiger partial charge in [-0.15, -0.1) is 0 Å². The Hall–Kier alpha value is -1.70. The van der Waals surface area contributed by atoms with E-state index in [1.165, 1.54) is 12.1 Å². The van der Waals surface area contributed by atoms with Gasteiger partial charge in [0, 0.05) is 12.2 Å². The van der Waals surface area contributed by atoms with Gasteiger partial charge in [-0.1, -0.05) is 20.8 Å². The van der Waals surface area contributed by atoms with Crippen molar-refractivity contribution in [3.63, 3.8) is 0 Å². The third kappa shape index (κ3) is 4.16. The monoisotopic (exact) mass is 270 g/mol. The number of nitrogens with one attached hydrogen (secondary N) is 1. The quantitative estimate of drug-likeness (QED) is 0.878. The average Bonchev–Trinajstić information content (AvgIpc) is 2.35. The summed E-state index contributed by atoms with van der Waals surface area (Å²) >= 11 is 0. The van der Waals surface area contributed by atoms with Crippen molar-refractivity contribution in [3.8, 4) is 6.07 Å². The van der Waals surface area contributed by atoms with Crippen LogP contribution in [0.1, 0.15) is 38.3 Å². The van der Waals surface area contributed by atoms with Crippen LogP contribution in [-0.4, -0.2) is 6.54 Å². The summed E-state index contributed by atoms with van der Waals surface area (Å²) in [7, 11) is 0. The third-order valence-electron chi connectivity index (χ3n) is 3.17. The zero-order chi connectivity index (χ0) is 14.7. The van der Waals surface area contributed by atoms with Gasteiger partial charge in [-0.3, -0.25) is 0 Å². The van der Waals surface area contributed by atoms with Crippen LogP contribution in [0.2, 0.25) is 0 Å². The van der Waals surface area contributed by atoms with Gasteiger partial charge in [0.15, 0.2) is 0 Å². The Labute approximate surface area is 111 Å². The Kier molecular flexibility index (Phi) is 4.46. The van der Waals surface area contributed by atoms with Gasteiger partial charge in [-0.25, -0.2) is 0 Å². The lowest BCUT2D eigenvalue weighted by molar-refractivity contribution is -0.137. The number of benzene rings is 1. The molecule has 0 aliphatic carbocycles. The molecular weight excluding hydrogens is 253 g/mol. The molecule has 0 bridgehead atoms. The van der Waals surface area contributed by atoms with E-state index in [-0.39, 0.29) is 11.0 Å². The molecule has 1 aromatic rings. The maximum absolute atomic E-state index is 12.8. The molecule has 2 nitrogen and oxygen atoms in total. The summed E-state index contributed by atoms with van der Waals surface area (Å²) in [6.45, 7) is 6.68. The van der Waals surface area contributed by atoms with Crippen molar-refractivity contribution in [1.29, 1.82) is 5.26 Å². The number of halogens is 3. The van der Waals surface area contributed by atoms with E-state index in [2.05, 4.69) is 5.32 Å². The minimum Gasteiger partial charge on any atom is -0.384 e. The molecule has 0 saturated heterocycles. The summed E-state index contributed by atoms with van der Waals surface area (Å²) < 4.78 is 38.3. The van der Waals surface area contributed by atoms with E-state index in [9.17, 15) is 13.2 Å². The van der Waals surface area contributed by atoms with Gasteiger partial charge in [-0.05, 0) is 30.0 Å². The van der Waals surface area contributed by atoms with Gasteiger partial charge >= 0.3 is 6.18 Å². The summed E-state index contributed by atoms with van der Waals surface area (Å²) in [5, 5.41) is 11.7. The molecule has 1 aromatic carbocycles. The van der Waals surface area contributed by atoms with Crippen LogP contribution in [0.4, 0.5) is 18.9 Å². The number of hydrogen-bond acceptors (Lipinski definition) is 2. The number of anilines is 1. The van der Waals surface area contributed by atoms with Crippen molar-refractivity contribution >= 4 is 5.69 Å². The molecule has 104 valence electrons. The Morgan fingerprint density at radius 2 is 1.89 bits per heavy atom. The molecule has 0 heterocycles. The van der Waals surface area contributed by atoms with Crippen molar-refractivity contribution in [3.05, 3.63) is 29.3 Å². The molecule has 1 N–H and O–H groups in total. The maximum Gasteiger partial charge on any atom is 0.417 e. The van der Waals surface area contributed by atoms with Gasteiger partial charge in [0.05, 0.1) is 17.2 Å². The number of hydrogen-bond donors (Lipinski definition) is 1. The smallest absolute Gasteiger partial charge is 0.384 e. The first-order valence-corrected chi connectivity index (χ1v) is 6.05. The minimum absolute atomic E-state index is 0.00625. The summed E-state index contributed by atoms with van der Waals surface area (Å²) in [6, 6.07) is 5.25. The summed E-state index contributed by atoms with van der Waals surface area (Å²) in [4.78, 5) is 0. The second-order valence-corrected chi connectivity index (χ2v) is 5.24. The lowest BCUT2D eigenvalue weighted by Crippen LogP contribution is -2.22. The number of alkyl halides is 3. The summed E-state index contributed by atoms with van der Waals surface area (Å²) in [5.41, 5.74) is -0.860. The van der Waals surface area contributed by atoms with Gasteiger partial charge in [0.2, 0.25) is 0 Å². The predicted octanol–water partition coefficient (Wildman–Crippen LogP) is 4.43. The van der Waals surface area contributed by atoms with Crippen molar-refractivity contribution in [2.24, 2.45) is 5.41 Å². The minimum atomic E-state index is -4.51. The highest BCUT2D eigenvalue weighted by Gasteiger charge is 2.33. The summed E-state index contributed by atoms with van der Waals surface area (Å²) in [5.74, 6) is 0. The molecular formula is C14H17F3N2. The van der Waals surface area contributed by atoms with Crippen LogP contribution in [0, 0.1) is 16.7 Å². The van der Waals surface area contributed by atoms with Crippen molar-refractivity contribution in [1.82, 2.24) is 0 Å². The topological polar surface area (TPSA) is 35.8 Å². The van der Waals surface area contributed by atoms with Gasteiger partial charge in [0.25, 0.3) is 0 Å². The van der Waals surface area contributed by atoms with Crippen LogP contribution in [0.5, 0.6) is 0 Å². The molecule has 0 radical (unpaired) electrons. The molecule has 0 unspecified atom stereocenters. The van der Waals surface area contributed by atoms with Gasteiger partial charge < -0.3 is 5.32 Å². The van der Waals surface area contributed by atoms with Crippen molar-refractivity contribution < 1.29 is 13.2 Å². The van der Waals surface area contributed by atoms with E-state index >= 15 is 0 Å². The van der Waals surface area contributed by atoms with E-state index in [1.54, 1.807) is 6.07 Å². The number of nitriles is 1. The molecule has 19 heavy (non-hydrogen) atoms. The molecule has 0 aliphatic heterocycles. The van der Waals surface area contributed by atoms with Crippen molar-refractivity contribution in [2.45, 2.75) is 33.4 Å². The van der Waals surface area contributed by atoms with Crippen LogP contribution in [0.25, 0.3) is 0 Å². The molecule has 0 spiro atoms. The lowest BCUT2D eigenvalue weighted by atomic mass is 9.90. The highest BCUT2D eigenvalue weighted by atomic mass is 19.4. The van der Waals surface area contributed by atoms with E-state index in [0.717, 1.165) is 12.5 Å². The molecule has 0 amide bonds. The van der Waals surface area contributed by atoms with E-state index in [4.69, 9.17) is 5.26 Å². The number of rotatable bonds is 4. The zero-order valence-electron chi connectivity index (χ0n) is 11.2. The fourth-order valence-corrected chi connectivity index (χ4v) is 1.45. The first kappa shape index (κ1) is 15.4. The normalized spacial score (nSPS) is 12.1. The number of nitrogens with zero attached hydrogens (tertiary/aromatic N) is 1. The van der Waals surface area contributed by atoms with Crippen LogP contribution in [-0.2, 0) is 6.18 Å². The van der Waals surface area contributed by atoms with Crippen LogP contribution in [0.3, 0.4) is 0 Å². The zero-order valence-corrected chi connectivity index (χ0v) is 11.2. The second kappa shape index (κ2) is 5.52. The molecule has 0 saturated carbocycles. The van der Waals surface area contributed by atoms with E-state index in [1.807, 2.05) is 20.8 Å². The molecule has 0 aromatic heterocycles. The molecule has 5 heteroatoms. The van der Waals surface area contributed by atoms with Crippen LogP contribution < -0.4 is 5.32 Å². The molecule has 1 rings (SSSR count). The Morgan fingerprint density at radius 1 is 1.26 bits per heavy atom. The largest absolute Gasteiger partial charge is 0.417 e.